The predicted molar refractivity (Wildman–Crippen MR) is 93.8 cm³/mol. The molecule has 1 fully saturated rings. The summed E-state index contributed by atoms with van der Waals surface area (Å²) in [7, 11) is 0. The van der Waals surface area contributed by atoms with Gasteiger partial charge in [-0.1, -0.05) is 17.7 Å². The minimum Gasteiger partial charge on any atom is -0.341 e. The van der Waals surface area contributed by atoms with Gasteiger partial charge in [-0.05, 0) is 50.8 Å². The molecular weight excluding hydrogens is 302 g/mol. The van der Waals surface area contributed by atoms with Crippen LogP contribution in [0.2, 0.25) is 0 Å². The van der Waals surface area contributed by atoms with Gasteiger partial charge in [-0.2, -0.15) is 5.10 Å². The van der Waals surface area contributed by atoms with Gasteiger partial charge in [-0.15, -0.1) is 0 Å². The van der Waals surface area contributed by atoms with Crippen LogP contribution in [0, 0.1) is 13.8 Å². The average Bonchev–Trinajstić information content (AvgIpc) is 2.60. The van der Waals surface area contributed by atoms with E-state index in [0.29, 0.717) is 0 Å². The van der Waals surface area contributed by atoms with Crippen molar-refractivity contribution >= 4 is 5.91 Å². The first-order valence-electron chi connectivity index (χ1n) is 8.48. The van der Waals surface area contributed by atoms with Gasteiger partial charge in [0.15, 0.2) is 0 Å². The first-order chi connectivity index (χ1) is 11.5. The molecule has 1 amide bonds. The number of hydrogen-bond donors (Lipinski definition) is 0. The van der Waals surface area contributed by atoms with E-state index in [1.165, 1.54) is 17.2 Å². The van der Waals surface area contributed by atoms with E-state index in [2.05, 4.69) is 17.2 Å². The summed E-state index contributed by atoms with van der Waals surface area (Å²) in [4.78, 5) is 26.4. The third kappa shape index (κ3) is 3.55. The zero-order valence-corrected chi connectivity index (χ0v) is 14.3. The van der Waals surface area contributed by atoms with Gasteiger partial charge >= 0.3 is 0 Å². The van der Waals surface area contributed by atoms with Crippen molar-refractivity contribution in [3.63, 3.8) is 0 Å². The van der Waals surface area contributed by atoms with Crippen molar-refractivity contribution in [3.8, 4) is 11.3 Å². The second-order valence-corrected chi connectivity index (χ2v) is 6.47. The summed E-state index contributed by atoms with van der Waals surface area (Å²) < 4.78 is 1.29. The van der Waals surface area contributed by atoms with E-state index in [1.54, 1.807) is 6.07 Å². The van der Waals surface area contributed by atoms with E-state index >= 15 is 0 Å². The minimum absolute atomic E-state index is 0.0114. The lowest BCUT2D eigenvalue weighted by Gasteiger charge is -2.26. The Morgan fingerprint density at radius 1 is 1.08 bits per heavy atom. The van der Waals surface area contributed by atoms with Crippen LogP contribution in [0.4, 0.5) is 0 Å². The van der Waals surface area contributed by atoms with Crippen molar-refractivity contribution in [2.24, 2.45) is 0 Å². The Morgan fingerprint density at radius 2 is 1.83 bits per heavy atom. The molecule has 0 aliphatic carbocycles. The van der Waals surface area contributed by atoms with Crippen molar-refractivity contribution in [2.45, 2.75) is 39.7 Å². The Bertz CT molecular complexity index is 804. The topological polar surface area (TPSA) is 55.2 Å². The Morgan fingerprint density at radius 3 is 2.58 bits per heavy atom. The SMILES string of the molecule is Cc1ccc(C)c(-c2ccc(=O)n(CC(=O)N3CCCCC3)n2)c1. The number of nitrogens with zero attached hydrogens (tertiary/aromatic N) is 3. The lowest BCUT2D eigenvalue weighted by atomic mass is 10.0. The molecule has 0 bridgehead atoms. The van der Waals surface area contributed by atoms with Gasteiger partial charge in [-0.25, -0.2) is 4.68 Å². The molecule has 2 aromatic rings. The smallest absolute Gasteiger partial charge is 0.267 e. The third-order valence-corrected chi connectivity index (χ3v) is 4.53. The monoisotopic (exact) mass is 325 g/mol. The largest absolute Gasteiger partial charge is 0.341 e. The molecule has 1 aromatic heterocycles. The van der Waals surface area contributed by atoms with Crippen LogP contribution in [0.1, 0.15) is 30.4 Å². The molecule has 24 heavy (non-hydrogen) atoms. The minimum atomic E-state index is -0.241. The summed E-state index contributed by atoms with van der Waals surface area (Å²) in [6.07, 6.45) is 3.25. The van der Waals surface area contributed by atoms with Gasteiger partial charge in [0.1, 0.15) is 6.54 Å². The summed E-state index contributed by atoms with van der Waals surface area (Å²) in [5, 5.41) is 4.44. The van der Waals surface area contributed by atoms with E-state index in [-0.39, 0.29) is 18.0 Å². The van der Waals surface area contributed by atoms with Crippen LogP contribution < -0.4 is 5.56 Å². The maximum Gasteiger partial charge on any atom is 0.267 e. The van der Waals surface area contributed by atoms with Crippen molar-refractivity contribution in [1.82, 2.24) is 14.7 Å². The van der Waals surface area contributed by atoms with Gasteiger partial charge < -0.3 is 4.90 Å². The maximum absolute atomic E-state index is 12.4. The Labute approximate surface area is 141 Å². The number of rotatable bonds is 3. The maximum atomic E-state index is 12.4. The molecule has 1 aliphatic rings. The van der Waals surface area contributed by atoms with Crippen molar-refractivity contribution < 1.29 is 4.79 Å². The van der Waals surface area contributed by atoms with Gasteiger partial charge in [0.05, 0.1) is 5.69 Å². The number of piperidine rings is 1. The lowest BCUT2D eigenvalue weighted by Crippen LogP contribution is -2.40. The molecule has 126 valence electrons. The summed E-state index contributed by atoms with van der Waals surface area (Å²) in [6, 6.07) is 9.37. The summed E-state index contributed by atoms with van der Waals surface area (Å²) in [6.45, 7) is 5.62. The van der Waals surface area contributed by atoms with Crippen LogP contribution in [-0.4, -0.2) is 33.7 Å². The highest BCUT2D eigenvalue weighted by Gasteiger charge is 2.18. The normalized spacial score (nSPS) is 14.7. The molecule has 0 spiro atoms. The van der Waals surface area contributed by atoms with Crippen LogP contribution >= 0.6 is 0 Å². The number of likely N-dealkylation sites (tertiary alicyclic amines) is 1. The van der Waals surface area contributed by atoms with E-state index in [4.69, 9.17) is 0 Å². The first kappa shape index (κ1) is 16.4. The lowest BCUT2D eigenvalue weighted by molar-refractivity contribution is -0.133. The fourth-order valence-electron chi connectivity index (χ4n) is 3.09. The molecule has 0 radical (unpaired) electrons. The Hall–Kier alpha value is -2.43. The summed E-state index contributed by atoms with van der Waals surface area (Å²) >= 11 is 0. The van der Waals surface area contributed by atoms with Crippen molar-refractivity contribution in [3.05, 3.63) is 51.8 Å². The van der Waals surface area contributed by atoms with Crippen LogP contribution in [0.25, 0.3) is 11.3 Å². The molecule has 1 aliphatic heterocycles. The standard InChI is InChI=1S/C19H23N3O2/c1-14-6-7-15(2)16(12-14)17-8-9-18(23)22(20-17)13-19(24)21-10-4-3-5-11-21/h6-9,12H,3-5,10-11,13H2,1-2H3. The number of aromatic nitrogens is 2. The average molecular weight is 325 g/mol. The molecular formula is C19H23N3O2. The summed E-state index contributed by atoms with van der Waals surface area (Å²) in [5.74, 6) is -0.0255. The van der Waals surface area contributed by atoms with Gasteiger partial charge in [0.2, 0.25) is 5.91 Å². The Kier molecular flexibility index (Phi) is 4.79. The molecule has 5 heteroatoms. The van der Waals surface area contributed by atoms with E-state index in [9.17, 15) is 9.59 Å². The molecule has 1 aromatic carbocycles. The molecule has 0 unspecified atom stereocenters. The molecule has 1 saturated heterocycles. The second-order valence-electron chi connectivity index (χ2n) is 6.47. The van der Waals surface area contributed by atoms with Crippen LogP contribution in [0.15, 0.2) is 35.1 Å². The number of aryl methyl sites for hydroxylation is 2. The fraction of sp³-hybridized carbons (Fsp3) is 0.421. The Balaban J connectivity index is 1.87. The molecule has 0 atom stereocenters. The fourth-order valence-corrected chi connectivity index (χ4v) is 3.09. The predicted octanol–water partition coefficient (Wildman–Crippen LogP) is 2.54. The van der Waals surface area contributed by atoms with Crippen molar-refractivity contribution in [2.75, 3.05) is 13.1 Å². The van der Waals surface area contributed by atoms with E-state index < -0.39 is 0 Å². The number of amides is 1. The number of hydrogen-bond acceptors (Lipinski definition) is 3. The molecule has 2 heterocycles. The summed E-state index contributed by atoms with van der Waals surface area (Å²) in [5.41, 5.74) is 3.71. The van der Waals surface area contributed by atoms with Crippen LogP contribution in [-0.2, 0) is 11.3 Å². The van der Waals surface area contributed by atoms with E-state index in [0.717, 1.165) is 48.3 Å². The third-order valence-electron chi connectivity index (χ3n) is 4.53. The van der Waals surface area contributed by atoms with Crippen LogP contribution in [0.5, 0.6) is 0 Å². The van der Waals surface area contributed by atoms with Gasteiger partial charge in [0.25, 0.3) is 5.56 Å². The molecule has 0 saturated carbocycles. The van der Waals surface area contributed by atoms with E-state index in [1.807, 2.05) is 24.8 Å². The zero-order valence-electron chi connectivity index (χ0n) is 14.3. The number of carbonyl (C=O) groups excluding carboxylic acids is 1. The van der Waals surface area contributed by atoms with Crippen molar-refractivity contribution in [1.29, 1.82) is 0 Å². The highest BCUT2D eigenvalue weighted by atomic mass is 16.2. The quantitative estimate of drug-likeness (QED) is 0.871. The molecule has 3 rings (SSSR count). The van der Waals surface area contributed by atoms with Gasteiger partial charge in [-0.3, -0.25) is 9.59 Å². The number of carbonyl (C=O) groups is 1. The number of benzene rings is 1. The first-order valence-corrected chi connectivity index (χ1v) is 8.48. The van der Waals surface area contributed by atoms with Gasteiger partial charge in [0, 0.05) is 24.7 Å². The highest BCUT2D eigenvalue weighted by Crippen LogP contribution is 2.21. The van der Waals surface area contributed by atoms with Crippen LogP contribution in [0.3, 0.4) is 0 Å². The zero-order chi connectivity index (χ0) is 17.1. The molecule has 5 nitrogen and oxygen atoms in total. The molecule has 0 N–H and O–H groups in total. The highest BCUT2D eigenvalue weighted by molar-refractivity contribution is 5.76. The second kappa shape index (κ2) is 6.99.